The van der Waals surface area contributed by atoms with Crippen LogP contribution < -0.4 is 9.47 Å². The third-order valence-electron chi connectivity index (χ3n) is 3.45. The minimum Gasteiger partial charge on any atom is -0.493 e. The number of rotatable bonds is 8. The zero-order valence-corrected chi connectivity index (χ0v) is 15.7. The third-order valence-corrected chi connectivity index (χ3v) is 6.27. The van der Waals surface area contributed by atoms with Crippen LogP contribution in [0.2, 0.25) is 0 Å². The van der Waals surface area contributed by atoms with E-state index in [-0.39, 0.29) is 4.58 Å². The molecular weight excluding hydrogens is 340 g/mol. The van der Waals surface area contributed by atoms with Crippen LogP contribution in [0, 0.1) is 0 Å². The zero-order valence-electron chi connectivity index (χ0n) is 14.1. The van der Waals surface area contributed by atoms with Gasteiger partial charge in [-0.15, -0.1) is 11.8 Å². The van der Waals surface area contributed by atoms with E-state index in [1.54, 1.807) is 25.1 Å². The quantitative estimate of drug-likeness (QED) is 0.699. The lowest BCUT2D eigenvalue weighted by Crippen LogP contribution is -2.04. The zero-order chi connectivity index (χ0) is 17.4. The van der Waals surface area contributed by atoms with Gasteiger partial charge in [-0.25, -0.2) is 0 Å². The first-order valence-corrected chi connectivity index (χ1v) is 10.4. The Labute approximate surface area is 150 Å². The van der Waals surface area contributed by atoms with E-state index in [2.05, 4.69) is 0 Å². The van der Waals surface area contributed by atoms with Gasteiger partial charge in [0.1, 0.15) is 6.61 Å². The molecule has 2 aromatic rings. The third kappa shape index (κ3) is 5.14. The molecule has 2 unspecified atom stereocenters. The first-order valence-electron chi connectivity index (χ1n) is 7.52. The lowest BCUT2D eigenvalue weighted by atomic mass is 10.1. The fourth-order valence-electron chi connectivity index (χ4n) is 2.22. The molecule has 0 spiro atoms. The van der Waals surface area contributed by atoms with Crippen molar-refractivity contribution in [3.63, 3.8) is 0 Å². The van der Waals surface area contributed by atoms with Gasteiger partial charge in [-0.05, 0) is 17.9 Å². The fourth-order valence-corrected chi connectivity index (χ4v) is 3.84. The lowest BCUT2D eigenvalue weighted by Gasteiger charge is -2.14. The standard InChI is InChI=1S/C19H22O3S2/c1-21-17-11-7-10-16(12-13-18(23-2)24(3)20)19(17)22-14-15-8-5-4-6-9-15/h4-13,18H,14H2,1-3H3/b13-12+. The van der Waals surface area contributed by atoms with Crippen LogP contribution in [-0.4, -0.2) is 28.4 Å². The molecular formula is C19H22O3S2. The second-order valence-electron chi connectivity index (χ2n) is 5.11. The number of ether oxygens (including phenoxy) is 2. The molecule has 0 amide bonds. The van der Waals surface area contributed by atoms with Gasteiger partial charge in [-0.1, -0.05) is 54.6 Å². The maximum Gasteiger partial charge on any atom is 0.168 e. The summed E-state index contributed by atoms with van der Waals surface area (Å²) in [5, 5.41) is 0. The molecule has 0 aliphatic rings. The van der Waals surface area contributed by atoms with Crippen LogP contribution in [0.4, 0.5) is 0 Å². The van der Waals surface area contributed by atoms with Crippen molar-refractivity contribution in [1.82, 2.24) is 0 Å². The molecule has 0 aromatic heterocycles. The van der Waals surface area contributed by atoms with E-state index < -0.39 is 10.8 Å². The molecule has 2 rings (SSSR count). The SMILES string of the molecule is COc1cccc(/C=C/C(SC)S(C)=O)c1OCc1ccccc1. The van der Waals surface area contributed by atoms with E-state index in [0.29, 0.717) is 18.1 Å². The van der Waals surface area contributed by atoms with Crippen LogP contribution in [0.3, 0.4) is 0 Å². The Bertz CT molecular complexity index is 699. The number of methoxy groups -OCH3 is 1. The topological polar surface area (TPSA) is 35.5 Å². The van der Waals surface area contributed by atoms with E-state index in [1.807, 2.05) is 66.9 Å². The second-order valence-corrected chi connectivity index (χ2v) is 7.90. The summed E-state index contributed by atoms with van der Waals surface area (Å²) in [4.78, 5) is 0. The Hall–Kier alpha value is -1.72. The van der Waals surface area contributed by atoms with Crippen molar-refractivity contribution >= 4 is 28.6 Å². The molecule has 0 aliphatic heterocycles. The molecule has 0 fully saturated rings. The van der Waals surface area contributed by atoms with Gasteiger partial charge in [0.05, 0.1) is 11.7 Å². The van der Waals surface area contributed by atoms with Crippen LogP contribution in [0.5, 0.6) is 11.5 Å². The maximum absolute atomic E-state index is 11.7. The first kappa shape index (κ1) is 18.6. The van der Waals surface area contributed by atoms with Crippen LogP contribution in [0.1, 0.15) is 11.1 Å². The summed E-state index contributed by atoms with van der Waals surface area (Å²) in [6.07, 6.45) is 7.56. The minimum absolute atomic E-state index is 0.0434. The van der Waals surface area contributed by atoms with Crippen LogP contribution in [0.25, 0.3) is 6.08 Å². The van der Waals surface area contributed by atoms with Gasteiger partial charge in [-0.3, -0.25) is 4.21 Å². The largest absolute Gasteiger partial charge is 0.493 e. The molecule has 0 bridgehead atoms. The highest BCUT2D eigenvalue weighted by Gasteiger charge is 2.11. The summed E-state index contributed by atoms with van der Waals surface area (Å²) in [5.74, 6) is 1.38. The van der Waals surface area contributed by atoms with Gasteiger partial charge >= 0.3 is 0 Å². The average molecular weight is 363 g/mol. The lowest BCUT2D eigenvalue weighted by molar-refractivity contribution is 0.284. The number of thioether (sulfide) groups is 1. The van der Waals surface area contributed by atoms with Gasteiger partial charge < -0.3 is 9.47 Å². The molecule has 0 aliphatic carbocycles. The monoisotopic (exact) mass is 362 g/mol. The predicted octanol–water partition coefficient (Wildman–Crippen LogP) is 4.36. The van der Waals surface area contributed by atoms with E-state index in [0.717, 1.165) is 11.1 Å². The summed E-state index contributed by atoms with van der Waals surface area (Å²) in [7, 11) is 0.709. The molecule has 2 aromatic carbocycles. The predicted molar refractivity (Wildman–Crippen MR) is 104 cm³/mol. The highest BCUT2D eigenvalue weighted by molar-refractivity contribution is 8.10. The molecule has 128 valence electrons. The molecule has 5 heteroatoms. The molecule has 0 N–H and O–H groups in total. The molecule has 0 saturated carbocycles. The Balaban J connectivity index is 2.24. The first-order chi connectivity index (χ1) is 11.7. The maximum atomic E-state index is 11.7. The van der Waals surface area contributed by atoms with Crippen molar-refractivity contribution < 1.29 is 13.7 Å². The number of benzene rings is 2. The van der Waals surface area contributed by atoms with Crippen LogP contribution >= 0.6 is 11.8 Å². The van der Waals surface area contributed by atoms with E-state index in [4.69, 9.17) is 9.47 Å². The minimum atomic E-state index is -0.920. The van der Waals surface area contributed by atoms with Gasteiger partial charge in [0.15, 0.2) is 11.5 Å². The number of hydrogen-bond acceptors (Lipinski definition) is 4. The van der Waals surface area contributed by atoms with Crippen LogP contribution in [-0.2, 0) is 17.4 Å². The van der Waals surface area contributed by atoms with Crippen molar-refractivity contribution in [3.8, 4) is 11.5 Å². The molecule has 0 heterocycles. The fraction of sp³-hybridized carbons (Fsp3) is 0.263. The van der Waals surface area contributed by atoms with Gasteiger partial charge in [0.2, 0.25) is 0 Å². The van der Waals surface area contributed by atoms with Gasteiger partial charge in [0.25, 0.3) is 0 Å². The van der Waals surface area contributed by atoms with Crippen molar-refractivity contribution in [3.05, 3.63) is 65.7 Å². The summed E-state index contributed by atoms with van der Waals surface area (Å²) in [6, 6.07) is 15.8. The van der Waals surface area contributed by atoms with Crippen molar-refractivity contribution in [2.45, 2.75) is 11.2 Å². The number of hydrogen-bond donors (Lipinski definition) is 0. The summed E-state index contributed by atoms with van der Waals surface area (Å²) < 4.78 is 23.1. The number of para-hydroxylation sites is 1. The van der Waals surface area contributed by atoms with E-state index in [1.165, 1.54) is 0 Å². The van der Waals surface area contributed by atoms with Crippen LogP contribution in [0.15, 0.2) is 54.6 Å². The van der Waals surface area contributed by atoms with Crippen molar-refractivity contribution in [2.24, 2.45) is 0 Å². The molecule has 24 heavy (non-hydrogen) atoms. The Morgan fingerprint density at radius 3 is 2.54 bits per heavy atom. The molecule has 0 radical (unpaired) electrons. The smallest absolute Gasteiger partial charge is 0.168 e. The van der Waals surface area contributed by atoms with E-state index >= 15 is 0 Å². The molecule has 0 saturated heterocycles. The van der Waals surface area contributed by atoms with Gasteiger partial charge in [-0.2, -0.15) is 0 Å². The molecule has 3 nitrogen and oxygen atoms in total. The average Bonchev–Trinajstić information content (AvgIpc) is 2.61. The normalized spacial score (nSPS) is 13.6. The Morgan fingerprint density at radius 1 is 1.17 bits per heavy atom. The second kappa shape index (κ2) is 9.55. The Kier molecular flexibility index (Phi) is 7.40. The van der Waals surface area contributed by atoms with E-state index in [9.17, 15) is 4.21 Å². The Morgan fingerprint density at radius 2 is 1.92 bits per heavy atom. The molecule has 2 atom stereocenters. The summed E-state index contributed by atoms with van der Waals surface area (Å²) in [6.45, 7) is 0.466. The van der Waals surface area contributed by atoms with Crippen molar-refractivity contribution in [1.29, 1.82) is 0 Å². The van der Waals surface area contributed by atoms with Gasteiger partial charge in [0, 0.05) is 22.6 Å². The highest BCUT2D eigenvalue weighted by Crippen LogP contribution is 2.33. The summed E-state index contributed by atoms with van der Waals surface area (Å²) >= 11 is 1.56. The highest BCUT2D eigenvalue weighted by atomic mass is 32.2. The van der Waals surface area contributed by atoms with Crippen molar-refractivity contribution in [2.75, 3.05) is 19.6 Å². The summed E-state index contributed by atoms with van der Waals surface area (Å²) in [5.41, 5.74) is 2.00.